The van der Waals surface area contributed by atoms with E-state index in [9.17, 15) is 4.57 Å². The number of unbranched alkanes of at least 4 members (excludes halogenated alkanes) is 3. The summed E-state index contributed by atoms with van der Waals surface area (Å²) in [4.78, 5) is 17.5. The highest BCUT2D eigenvalue weighted by Gasteiger charge is 2.25. The normalized spacial score (nSPS) is 13.1. The zero-order valence-electron chi connectivity index (χ0n) is 21.3. The Kier molecular flexibility index (Phi) is 17.6. The van der Waals surface area contributed by atoms with Gasteiger partial charge in [0.1, 0.15) is 0 Å². The highest BCUT2D eigenvalue weighted by Crippen LogP contribution is 2.39. The van der Waals surface area contributed by atoms with E-state index >= 15 is 0 Å². The predicted octanol–water partition coefficient (Wildman–Crippen LogP) is 8.04. The molecule has 0 rings (SSSR count). The topological polar surface area (TPSA) is 76.0 Å². The first-order valence-corrected chi connectivity index (χ1v) is 14.5. The van der Waals surface area contributed by atoms with Crippen molar-refractivity contribution >= 4 is 7.82 Å². The van der Waals surface area contributed by atoms with E-state index in [2.05, 4.69) is 39.1 Å². The number of rotatable bonds is 22. The van der Waals surface area contributed by atoms with Crippen molar-refractivity contribution in [3.63, 3.8) is 0 Å². The molecule has 0 saturated carbocycles. The van der Waals surface area contributed by atoms with E-state index in [-0.39, 0.29) is 6.61 Å². The molecule has 0 aromatic rings. The summed E-state index contributed by atoms with van der Waals surface area (Å²) >= 11 is 0. The van der Waals surface area contributed by atoms with E-state index < -0.39 is 7.82 Å². The summed E-state index contributed by atoms with van der Waals surface area (Å²) in [5.41, 5.74) is 0.894. The summed E-state index contributed by atoms with van der Waals surface area (Å²) in [6.07, 6.45) is 17.6. The molecule has 188 valence electrons. The lowest BCUT2D eigenvalue weighted by Crippen LogP contribution is -2.19. The molecule has 0 radical (unpaired) electrons. The standard InChI is InChI=1S/C25H53O5P/c1-6-17-24(7-2,8-3)18-11-14-21-29-22-15-12-19-25(9-4,10-5)20-13-16-23-30-31(26,27)28/h6-23H2,1-5H3,(H2,26,27,28). The van der Waals surface area contributed by atoms with Gasteiger partial charge in [0.05, 0.1) is 6.61 Å². The van der Waals surface area contributed by atoms with Gasteiger partial charge in [-0.25, -0.2) is 4.57 Å². The van der Waals surface area contributed by atoms with E-state index in [0.717, 1.165) is 45.3 Å². The second kappa shape index (κ2) is 17.5. The van der Waals surface area contributed by atoms with Crippen LogP contribution in [0.15, 0.2) is 0 Å². The van der Waals surface area contributed by atoms with Gasteiger partial charge in [-0.1, -0.05) is 86.0 Å². The van der Waals surface area contributed by atoms with Crippen LogP contribution in [0.25, 0.3) is 0 Å². The molecule has 0 aliphatic carbocycles. The van der Waals surface area contributed by atoms with Gasteiger partial charge >= 0.3 is 7.82 Å². The molecule has 0 amide bonds. The van der Waals surface area contributed by atoms with Crippen LogP contribution in [-0.4, -0.2) is 29.6 Å². The fourth-order valence-corrected chi connectivity index (χ4v) is 5.36. The molecule has 6 heteroatoms. The van der Waals surface area contributed by atoms with Crippen LogP contribution in [0.4, 0.5) is 0 Å². The Morgan fingerprint density at radius 2 is 1.00 bits per heavy atom. The van der Waals surface area contributed by atoms with Crippen molar-refractivity contribution < 1.29 is 23.6 Å². The smallest absolute Gasteiger partial charge is 0.381 e. The highest BCUT2D eigenvalue weighted by molar-refractivity contribution is 7.46. The average molecular weight is 465 g/mol. The molecular weight excluding hydrogens is 411 g/mol. The predicted molar refractivity (Wildman–Crippen MR) is 131 cm³/mol. The van der Waals surface area contributed by atoms with Gasteiger partial charge in [-0.05, 0) is 55.8 Å². The van der Waals surface area contributed by atoms with E-state index in [1.54, 1.807) is 0 Å². The Balaban J connectivity index is 3.94. The van der Waals surface area contributed by atoms with Gasteiger partial charge in [0.25, 0.3) is 0 Å². The Morgan fingerprint density at radius 1 is 0.613 bits per heavy atom. The number of hydrogen-bond donors (Lipinski definition) is 2. The Morgan fingerprint density at radius 3 is 1.35 bits per heavy atom. The molecule has 31 heavy (non-hydrogen) atoms. The lowest BCUT2D eigenvalue weighted by molar-refractivity contribution is 0.113. The summed E-state index contributed by atoms with van der Waals surface area (Å²) in [5, 5.41) is 0. The van der Waals surface area contributed by atoms with Gasteiger partial charge < -0.3 is 14.5 Å². The summed E-state index contributed by atoms with van der Waals surface area (Å²) in [6.45, 7) is 13.4. The van der Waals surface area contributed by atoms with Crippen molar-refractivity contribution in [1.82, 2.24) is 0 Å². The summed E-state index contributed by atoms with van der Waals surface area (Å²) in [5.74, 6) is 0. The van der Waals surface area contributed by atoms with Crippen molar-refractivity contribution in [2.24, 2.45) is 10.8 Å². The first kappa shape index (κ1) is 31.1. The molecule has 0 heterocycles. The number of phosphoric ester groups is 1. The van der Waals surface area contributed by atoms with Crippen LogP contribution in [0.5, 0.6) is 0 Å². The first-order chi connectivity index (χ1) is 14.7. The first-order valence-electron chi connectivity index (χ1n) is 13.0. The molecule has 5 nitrogen and oxygen atoms in total. The molecule has 0 aliphatic rings. The Bertz CT molecular complexity index is 455. The number of ether oxygens (including phenoxy) is 1. The molecule has 0 unspecified atom stereocenters. The highest BCUT2D eigenvalue weighted by atomic mass is 31.2. The van der Waals surface area contributed by atoms with E-state index in [4.69, 9.17) is 14.5 Å². The van der Waals surface area contributed by atoms with Crippen LogP contribution in [0.2, 0.25) is 0 Å². The molecule has 0 aromatic carbocycles. The maximum Gasteiger partial charge on any atom is 0.469 e. The maximum absolute atomic E-state index is 10.7. The van der Waals surface area contributed by atoms with Gasteiger partial charge in [-0.2, -0.15) is 0 Å². The number of phosphoric acid groups is 1. The largest absolute Gasteiger partial charge is 0.469 e. The molecular formula is C25H53O5P. The van der Waals surface area contributed by atoms with E-state index in [0.29, 0.717) is 17.3 Å². The SMILES string of the molecule is CCCC(CC)(CC)CCCCOCCCCC(CC)(CC)CCCCOP(=O)(O)O. The van der Waals surface area contributed by atoms with Gasteiger partial charge in [-0.3, -0.25) is 4.52 Å². The van der Waals surface area contributed by atoms with E-state index in [1.165, 1.54) is 57.8 Å². The third-order valence-electron chi connectivity index (χ3n) is 7.63. The molecule has 0 atom stereocenters. The molecule has 0 bridgehead atoms. The minimum Gasteiger partial charge on any atom is -0.381 e. The lowest BCUT2D eigenvalue weighted by atomic mass is 9.74. The maximum atomic E-state index is 10.7. The van der Waals surface area contributed by atoms with Gasteiger partial charge in [0.15, 0.2) is 0 Å². The lowest BCUT2D eigenvalue weighted by Gasteiger charge is -2.32. The number of hydrogen-bond acceptors (Lipinski definition) is 3. The minimum atomic E-state index is -4.33. The average Bonchev–Trinajstić information content (AvgIpc) is 2.75. The fourth-order valence-electron chi connectivity index (χ4n) is 4.99. The van der Waals surface area contributed by atoms with Crippen molar-refractivity contribution in [2.75, 3.05) is 19.8 Å². The second-order valence-electron chi connectivity index (χ2n) is 9.47. The molecule has 0 saturated heterocycles. The third-order valence-corrected chi connectivity index (χ3v) is 8.15. The van der Waals surface area contributed by atoms with Crippen LogP contribution in [0.3, 0.4) is 0 Å². The molecule has 0 aliphatic heterocycles. The zero-order valence-corrected chi connectivity index (χ0v) is 22.2. The minimum absolute atomic E-state index is 0.137. The van der Waals surface area contributed by atoms with Crippen LogP contribution in [0.1, 0.15) is 131 Å². The van der Waals surface area contributed by atoms with Gasteiger partial charge in [0, 0.05) is 13.2 Å². The van der Waals surface area contributed by atoms with Crippen LogP contribution < -0.4 is 0 Å². The molecule has 0 fully saturated rings. The van der Waals surface area contributed by atoms with Crippen LogP contribution in [0, 0.1) is 10.8 Å². The van der Waals surface area contributed by atoms with Crippen molar-refractivity contribution in [3.8, 4) is 0 Å². The van der Waals surface area contributed by atoms with Crippen molar-refractivity contribution in [3.05, 3.63) is 0 Å². The van der Waals surface area contributed by atoms with Crippen molar-refractivity contribution in [1.29, 1.82) is 0 Å². The monoisotopic (exact) mass is 464 g/mol. The third kappa shape index (κ3) is 14.8. The summed E-state index contributed by atoms with van der Waals surface area (Å²) < 4.78 is 21.2. The zero-order chi connectivity index (χ0) is 23.6. The molecule has 0 spiro atoms. The summed E-state index contributed by atoms with van der Waals surface area (Å²) in [7, 11) is -4.33. The van der Waals surface area contributed by atoms with Gasteiger partial charge in [0.2, 0.25) is 0 Å². The van der Waals surface area contributed by atoms with Gasteiger partial charge in [-0.15, -0.1) is 0 Å². The fraction of sp³-hybridized carbons (Fsp3) is 1.00. The summed E-state index contributed by atoms with van der Waals surface area (Å²) in [6, 6.07) is 0. The van der Waals surface area contributed by atoms with Crippen LogP contribution in [-0.2, 0) is 13.8 Å². The van der Waals surface area contributed by atoms with Crippen molar-refractivity contribution in [2.45, 2.75) is 131 Å². The molecule has 0 aromatic heterocycles. The molecule has 2 N–H and O–H groups in total. The Hall–Kier alpha value is 0.0700. The quantitative estimate of drug-likeness (QED) is 0.125. The van der Waals surface area contributed by atoms with Crippen LogP contribution >= 0.6 is 7.82 Å². The second-order valence-corrected chi connectivity index (χ2v) is 10.7. The van der Waals surface area contributed by atoms with E-state index in [1.807, 2.05) is 0 Å². The Labute approximate surface area is 193 Å².